The lowest BCUT2D eigenvalue weighted by molar-refractivity contribution is -0.118. The minimum absolute atomic E-state index is 0.0312. The van der Waals surface area contributed by atoms with Gasteiger partial charge in [-0.05, 0) is 54.8 Å². The predicted octanol–water partition coefficient (Wildman–Crippen LogP) is 4.82. The van der Waals surface area contributed by atoms with E-state index in [4.69, 9.17) is 16.3 Å². The lowest BCUT2D eigenvalue weighted by atomic mass is 9.98. The number of hydrogen-bond donors (Lipinski definition) is 1. The summed E-state index contributed by atoms with van der Waals surface area (Å²) in [6.07, 6.45) is 0. The maximum Gasteiger partial charge on any atom is 0.262 e. The van der Waals surface area contributed by atoms with Crippen LogP contribution >= 0.6 is 11.6 Å². The number of pyridine rings is 1. The number of amides is 1. The van der Waals surface area contributed by atoms with Gasteiger partial charge in [-0.3, -0.25) is 9.59 Å². The molecule has 1 amide bonds. The number of ether oxygens (including phenoxy) is 1. The van der Waals surface area contributed by atoms with Gasteiger partial charge in [0.25, 0.3) is 11.5 Å². The summed E-state index contributed by atoms with van der Waals surface area (Å²) in [5, 5.41) is 4.38. The lowest BCUT2D eigenvalue weighted by Crippen LogP contribution is -2.21. The molecule has 0 saturated heterocycles. The van der Waals surface area contributed by atoms with Crippen molar-refractivity contribution in [3.05, 3.63) is 69.5 Å². The molecular weight excluding hydrogens is 376 g/mol. The monoisotopic (exact) mass is 398 g/mol. The molecule has 0 fully saturated rings. The first-order valence-electron chi connectivity index (χ1n) is 9.24. The minimum Gasteiger partial charge on any atom is -0.484 e. The molecule has 1 heterocycles. The number of rotatable bonds is 6. The number of carbonyl (C=O) groups is 1. The summed E-state index contributed by atoms with van der Waals surface area (Å²) in [5.41, 5.74) is 2.44. The molecule has 0 radical (unpaired) electrons. The van der Waals surface area contributed by atoms with Crippen molar-refractivity contribution in [2.75, 3.05) is 11.9 Å². The average Bonchev–Trinajstić information content (AvgIpc) is 2.67. The first-order chi connectivity index (χ1) is 13.4. The summed E-state index contributed by atoms with van der Waals surface area (Å²) in [5.74, 6) is 0.506. The molecule has 0 aliphatic heterocycles. The van der Waals surface area contributed by atoms with Crippen LogP contribution in [0.3, 0.4) is 0 Å². The van der Waals surface area contributed by atoms with Crippen LogP contribution in [-0.4, -0.2) is 17.1 Å². The molecule has 0 spiro atoms. The number of benzene rings is 2. The number of halogens is 1. The lowest BCUT2D eigenvalue weighted by Gasteiger charge is -2.15. The Morgan fingerprint density at radius 3 is 2.50 bits per heavy atom. The third kappa shape index (κ3) is 4.37. The van der Waals surface area contributed by atoms with Crippen molar-refractivity contribution in [3.8, 4) is 5.75 Å². The second kappa shape index (κ2) is 8.48. The maximum atomic E-state index is 12.4. The van der Waals surface area contributed by atoms with E-state index >= 15 is 0 Å². The number of aromatic nitrogens is 1. The summed E-state index contributed by atoms with van der Waals surface area (Å²) in [7, 11) is 0. The Labute approximate surface area is 168 Å². The van der Waals surface area contributed by atoms with Gasteiger partial charge >= 0.3 is 0 Å². The van der Waals surface area contributed by atoms with Crippen LogP contribution in [0.15, 0.2) is 53.3 Å². The summed E-state index contributed by atoms with van der Waals surface area (Å²) < 4.78 is 7.37. The van der Waals surface area contributed by atoms with Crippen molar-refractivity contribution in [2.24, 2.45) is 0 Å². The normalized spacial score (nSPS) is 11.0. The van der Waals surface area contributed by atoms with Crippen LogP contribution in [0.5, 0.6) is 5.75 Å². The van der Waals surface area contributed by atoms with Gasteiger partial charge in [-0.1, -0.05) is 25.4 Å². The summed E-state index contributed by atoms with van der Waals surface area (Å²) in [6.45, 7) is 6.50. The Morgan fingerprint density at radius 1 is 1.14 bits per heavy atom. The van der Waals surface area contributed by atoms with Crippen LogP contribution in [0.4, 0.5) is 5.69 Å². The zero-order valence-corrected chi connectivity index (χ0v) is 16.9. The molecule has 146 valence electrons. The van der Waals surface area contributed by atoms with Gasteiger partial charge in [-0.25, -0.2) is 0 Å². The van der Waals surface area contributed by atoms with E-state index in [0.29, 0.717) is 23.0 Å². The second-order valence-corrected chi connectivity index (χ2v) is 7.30. The molecule has 0 saturated carbocycles. The van der Waals surface area contributed by atoms with Gasteiger partial charge < -0.3 is 14.6 Å². The topological polar surface area (TPSA) is 60.3 Å². The van der Waals surface area contributed by atoms with E-state index in [1.807, 2.05) is 25.1 Å². The standard InChI is InChI=1S/C22H23ClN2O3/c1-4-25-20-11-17(9-10-18(20)19(14(2)3)12-22(25)27)28-13-21(26)24-16-7-5-15(23)6-8-16/h5-12,14H,4,13H2,1-3H3,(H,24,26). The molecule has 0 aliphatic carbocycles. The molecule has 5 nitrogen and oxygen atoms in total. The first kappa shape index (κ1) is 20.0. The smallest absolute Gasteiger partial charge is 0.262 e. The Morgan fingerprint density at radius 2 is 1.86 bits per heavy atom. The van der Waals surface area contributed by atoms with Gasteiger partial charge in [0.2, 0.25) is 0 Å². The second-order valence-electron chi connectivity index (χ2n) is 6.86. The molecule has 0 atom stereocenters. The number of hydrogen-bond acceptors (Lipinski definition) is 3. The highest BCUT2D eigenvalue weighted by Gasteiger charge is 2.12. The Balaban J connectivity index is 1.81. The highest BCUT2D eigenvalue weighted by molar-refractivity contribution is 6.30. The van der Waals surface area contributed by atoms with E-state index in [9.17, 15) is 9.59 Å². The van der Waals surface area contributed by atoms with Gasteiger partial charge in [-0.2, -0.15) is 0 Å². The molecule has 28 heavy (non-hydrogen) atoms. The number of nitrogens with zero attached hydrogens (tertiary/aromatic N) is 1. The fourth-order valence-electron chi connectivity index (χ4n) is 3.16. The van der Waals surface area contributed by atoms with Crippen LogP contribution < -0.4 is 15.6 Å². The highest BCUT2D eigenvalue weighted by Crippen LogP contribution is 2.27. The van der Waals surface area contributed by atoms with E-state index < -0.39 is 0 Å². The number of fused-ring (bicyclic) bond motifs is 1. The van der Waals surface area contributed by atoms with Crippen LogP contribution in [0.1, 0.15) is 32.3 Å². The Bertz CT molecular complexity index is 1060. The van der Waals surface area contributed by atoms with Crippen molar-refractivity contribution in [3.63, 3.8) is 0 Å². The first-order valence-corrected chi connectivity index (χ1v) is 9.62. The van der Waals surface area contributed by atoms with Crippen molar-refractivity contribution in [2.45, 2.75) is 33.2 Å². The van der Waals surface area contributed by atoms with E-state index in [2.05, 4.69) is 19.2 Å². The van der Waals surface area contributed by atoms with Crippen molar-refractivity contribution in [1.29, 1.82) is 0 Å². The molecule has 6 heteroatoms. The largest absolute Gasteiger partial charge is 0.484 e. The van der Waals surface area contributed by atoms with Crippen molar-refractivity contribution < 1.29 is 9.53 Å². The van der Waals surface area contributed by atoms with E-state index in [0.717, 1.165) is 16.5 Å². The SMILES string of the molecule is CCn1c(=O)cc(C(C)C)c2ccc(OCC(=O)Nc3ccc(Cl)cc3)cc21. The third-order valence-electron chi connectivity index (χ3n) is 4.55. The number of nitrogens with one attached hydrogen (secondary N) is 1. The molecule has 0 aliphatic rings. The Kier molecular flexibility index (Phi) is 6.05. The van der Waals surface area contributed by atoms with Crippen LogP contribution in [-0.2, 0) is 11.3 Å². The van der Waals surface area contributed by atoms with Crippen molar-refractivity contribution in [1.82, 2.24) is 4.57 Å². The quantitative estimate of drug-likeness (QED) is 0.647. The zero-order chi connectivity index (χ0) is 20.3. The van der Waals surface area contributed by atoms with E-state index in [1.54, 1.807) is 34.9 Å². The van der Waals surface area contributed by atoms with Gasteiger partial charge in [0, 0.05) is 34.8 Å². The summed E-state index contributed by atoms with van der Waals surface area (Å²) in [6, 6.07) is 14.2. The fourth-order valence-corrected chi connectivity index (χ4v) is 3.29. The molecular formula is C22H23ClN2O3. The van der Waals surface area contributed by atoms with Crippen molar-refractivity contribution >= 4 is 34.1 Å². The summed E-state index contributed by atoms with van der Waals surface area (Å²) >= 11 is 5.84. The maximum absolute atomic E-state index is 12.4. The van der Waals surface area contributed by atoms with Gasteiger partial charge in [0.1, 0.15) is 5.75 Å². The number of anilines is 1. The molecule has 1 N–H and O–H groups in total. The minimum atomic E-state index is -0.272. The number of aryl methyl sites for hydroxylation is 1. The predicted molar refractivity (Wildman–Crippen MR) is 114 cm³/mol. The fraction of sp³-hybridized carbons (Fsp3) is 0.273. The highest BCUT2D eigenvalue weighted by atomic mass is 35.5. The van der Waals surface area contributed by atoms with Gasteiger partial charge in [0.05, 0.1) is 5.52 Å². The van der Waals surface area contributed by atoms with E-state index in [-0.39, 0.29) is 24.0 Å². The van der Waals surface area contributed by atoms with Crippen LogP contribution in [0.25, 0.3) is 10.9 Å². The number of carbonyl (C=O) groups excluding carboxylic acids is 1. The molecule has 1 aromatic heterocycles. The Hall–Kier alpha value is -2.79. The zero-order valence-electron chi connectivity index (χ0n) is 16.2. The molecule has 3 aromatic rings. The van der Waals surface area contributed by atoms with Crippen LogP contribution in [0.2, 0.25) is 5.02 Å². The van der Waals surface area contributed by atoms with E-state index in [1.165, 1.54) is 0 Å². The summed E-state index contributed by atoms with van der Waals surface area (Å²) in [4.78, 5) is 24.6. The molecule has 2 aromatic carbocycles. The molecule has 3 rings (SSSR count). The van der Waals surface area contributed by atoms with Gasteiger partial charge in [0.15, 0.2) is 6.61 Å². The van der Waals surface area contributed by atoms with Crippen LogP contribution in [0, 0.1) is 0 Å². The molecule has 0 bridgehead atoms. The third-order valence-corrected chi connectivity index (χ3v) is 4.80. The van der Waals surface area contributed by atoms with Gasteiger partial charge in [-0.15, -0.1) is 0 Å². The average molecular weight is 399 g/mol. The molecule has 0 unspecified atom stereocenters.